The number of piperidine rings is 1. The molecule has 2 amide bonds. The Bertz CT molecular complexity index is 538. The lowest BCUT2D eigenvalue weighted by molar-refractivity contribution is -0.125. The highest BCUT2D eigenvalue weighted by Crippen LogP contribution is 2.12. The van der Waals surface area contributed by atoms with Gasteiger partial charge in [0.2, 0.25) is 0 Å². The van der Waals surface area contributed by atoms with E-state index >= 15 is 0 Å². The van der Waals surface area contributed by atoms with Crippen LogP contribution in [0.5, 0.6) is 0 Å². The number of carbonyl (C=O) groups excluding carboxylic acids is 3. The summed E-state index contributed by atoms with van der Waals surface area (Å²) in [5.41, 5.74) is 0. The minimum atomic E-state index is -0.493. The van der Waals surface area contributed by atoms with Crippen molar-refractivity contribution >= 4 is 29.3 Å². The van der Waals surface area contributed by atoms with Gasteiger partial charge in [0, 0.05) is 19.1 Å². The summed E-state index contributed by atoms with van der Waals surface area (Å²) in [4.78, 5) is 37.1. The summed E-state index contributed by atoms with van der Waals surface area (Å²) in [6.45, 7) is 2.90. The lowest BCUT2D eigenvalue weighted by Crippen LogP contribution is -2.47. The highest BCUT2D eigenvalue weighted by Gasteiger charge is 2.24. The first-order valence-electron chi connectivity index (χ1n) is 7.52. The van der Waals surface area contributed by atoms with Crippen molar-refractivity contribution in [3.05, 3.63) is 22.4 Å². The second-order valence-corrected chi connectivity index (χ2v) is 6.03. The van der Waals surface area contributed by atoms with Crippen molar-refractivity contribution in [2.75, 3.05) is 26.3 Å². The van der Waals surface area contributed by atoms with Gasteiger partial charge in [0.15, 0.2) is 6.61 Å². The highest BCUT2D eigenvalue weighted by molar-refractivity contribution is 7.11. The van der Waals surface area contributed by atoms with Crippen LogP contribution in [-0.2, 0) is 14.3 Å². The Hall–Kier alpha value is -2.09. The van der Waals surface area contributed by atoms with Crippen LogP contribution in [0.2, 0.25) is 0 Å². The fraction of sp³-hybridized carbons (Fsp3) is 0.533. The van der Waals surface area contributed by atoms with E-state index in [4.69, 9.17) is 9.47 Å². The van der Waals surface area contributed by atoms with Crippen molar-refractivity contribution in [3.63, 3.8) is 0 Å². The van der Waals surface area contributed by atoms with Gasteiger partial charge in [0.1, 0.15) is 4.88 Å². The molecule has 23 heavy (non-hydrogen) atoms. The monoisotopic (exact) mass is 340 g/mol. The average Bonchev–Trinajstić information content (AvgIpc) is 3.08. The van der Waals surface area contributed by atoms with Crippen LogP contribution in [0.1, 0.15) is 29.4 Å². The Kier molecular flexibility index (Phi) is 6.40. The number of hydrogen-bond donors (Lipinski definition) is 1. The molecule has 1 aromatic rings. The standard InChI is InChI=1S/C15H20N2O5S/c1-2-21-15(20)17-7-5-11(6-8-17)16-13(18)10-22-14(19)12-4-3-9-23-12/h3-4,9,11H,2,5-8,10H2,1H3,(H,16,18). The molecular weight excluding hydrogens is 320 g/mol. The molecule has 1 aromatic heterocycles. The molecule has 0 saturated carbocycles. The number of ether oxygens (including phenoxy) is 2. The van der Waals surface area contributed by atoms with E-state index in [9.17, 15) is 14.4 Å². The fourth-order valence-corrected chi connectivity index (χ4v) is 2.90. The van der Waals surface area contributed by atoms with Crippen LogP contribution in [0.15, 0.2) is 17.5 Å². The number of likely N-dealkylation sites (tertiary alicyclic amines) is 1. The van der Waals surface area contributed by atoms with E-state index < -0.39 is 5.97 Å². The number of carbonyl (C=O) groups is 3. The van der Waals surface area contributed by atoms with E-state index in [1.54, 1.807) is 29.3 Å². The predicted molar refractivity (Wildman–Crippen MR) is 84.4 cm³/mol. The number of nitrogens with zero attached hydrogens (tertiary/aromatic N) is 1. The van der Waals surface area contributed by atoms with E-state index in [1.165, 1.54) is 11.3 Å². The third-order valence-electron chi connectivity index (χ3n) is 3.44. The molecule has 0 aliphatic carbocycles. The summed E-state index contributed by atoms with van der Waals surface area (Å²) < 4.78 is 9.90. The fourth-order valence-electron chi connectivity index (χ4n) is 2.29. The zero-order valence-electron chi connectivity index (χ0n) is 12.9. The van der Waals surface area contributed by atoms with Gasteiger partial charge < -0.3 is 19.7 Å². The molecule has 1 saturated heterocycles. The summed E-state index contributed by atoms with van der Waals surface area (Å²) in [5.74, 6) is -0.822. The second-order valence-electron chi connectivity index (χ2n) is 5.08. The average molecular weight is 340 g/mol. The zero-order chi connectivity index (χ0) is 16.7. The van der Waals surface area contributed by atoms with Gasteiger partial charge in [0.05, 0.1) is 6.61 Å². The summed E-state index contributed by atoms with van der Waals surface area (Å²) in [6.07, 6.45) is 0.995. The Morgan fingerprint density at radius 3 is 2.65 bits per heavy atom. The topological polar surface area (TPSA) is 84.9 Å². The van der Waals surface area contributed by atoms with Gasteiger partial charge in [-0.15, -0.1) is 11.3 Å². The first-order chi connectivity index (χ1) is 11.1. The summed E-state index contributed by atoms with van der Waals surface area (Å²) >= 11 is 1.27. The molecule has 0 unspecified atom stereocenters. The van der Waals surface area contributed by atoms with Crippen molar-refractivity contribution in [3.8, 4) is 0 Å². The van der Waals surface area contributed by atoms with Gasteiger partial charge in [0.25, 0.3) is 5.91 Å². The van der Waals surface area contributed by atoms with Crippen LogP contribution >= 0.6 is 11.3 Å². The van der Waals surface area contributed by atoms with Crippen molar-refractivity contribution in [1.82, 2.24) is 10.2 Å². The van der Waals surface area contributed by atoms with Gasteiger partial charge in [-0.25, -0.2) is 9.59 Å². The van der Waals surface area contributed by atoms with Gasteiger partial charge in [-0.3, -0.25) is 4.79 Å². The molecule has 1 aliphatic heterocycles. The molecule has 2 rings (SSSR count). The number of amides is 2. The molecule has 2 heterocycles. The molecular formula is C15H20N2O5S. The summed E-state index contributed by atoms with van der Waals surface area (Å²) in [7, 11) is 0. The van der Waals surface area contributed by atoms with E-state index in [2.05, 4.69) is 5.32 Å². The minimum Gasteiger partial charge on any atom is -0.451 e. The lowest BCUT2D eigenvalue weighted by Gasteiger charge is -2.31. The normalized spacial score (nSPS) is 15.1. The first-order valence-corrected chi connectivity index (χ1v) is 8.39. The van der Waals surface area contributed by atoms with Crippen molar-refractivity contribution in [2.24, 2.45) is 0 Å². The number of hydrogen-bond acceptors (Lipinski definition) is 6. The molecule has 0 atom stereocenters. The predicted octanol–water partition coefficient (Wildman–Crippen LogP) is 1.64. The Morgan fingerprint density at radius 2 is 2.04 bits per heavy atom. The van der Waals surface area contributed by atoms with Crippen molar-refractivity contribution in [1.29, 1.82) is 0 Å². The van der Waals surface area contributed by atoms with Crippen LogP contribution in [0.4, 0.5) is 4.79 Å². The second kappa shape index (κ2) is 8.52. The van der Waals surface area contributed by atoms with Crippen molar-refractivity contribution < 1.29 is 23.9 Å². The molecule has 8 heteroatoms. The third kappa shape index (κ3) is 5.24. The minimum absolute atomic E-state index is 0.0198. The maximum absolute atomic E-state index is 11.8. The third-order valence-corrected chi connectivity index (χ3v) is 4.29. The largest absolute Gasteiger partial charge is 0.451 e. The van der Waals surface area contributed by atoms with Crippen molar-refractivity contribution in [2.45, 2.75) is 25.8 Å². The van der Waals surface area contributed by atoms with Gasteiger partial charge >= 0.3 is 12.1 Å². The SMILES string of the molecule is CCOC(=O)N1CCC(NC(=O)COC(=O)c2cccs2)CC1. The smallest absolute Gasteiger partial charge is 0.409 e. The van der Waals surface area contributed by atoms with E-state index in [0.717, 1.165) is 0 Å². The zero-order valence-corrected chi connectivity index (χ0v) is 13.8. The molecule has 1 N–H and O–H groups in total. The van der Waals surface area contributed by atoms with Crippen LogP contribution in [0.3, 0.4) is 0 Å². The quantitative estimate of drug-likeness (QED) is 0.824. The molecule has 0 radical (unpaired) electrons. The number of thiophene rings is 1. The molecule has 7 nitrogen and oxygen atoms in total. The van der Waals surface area contributed by atoms with E-state index in [1.807, 2.05) is 0 Å². The summed E-state index contributed by atoms with van der Waals surface area (Å²) in [6, 6.07) is 3.38. The number of rotatable bonds is 5. The Labute approximate surface area is 138 Å². The molecule has 1 aliphatic rings. The molecule has 0 spiro atoms. The number of nitrogens with one attached hydrogen (secondary N) is 1. The van der Waals surface area contributed by atoms with Crippen LogP contribution in [0, 0.1) is 0 Å². The number of esters is 1. The van der Waals surface area contributed by atoms with Gasteiger partial charge in [-0.1, -0.05) is 6.07 Å². The molecule has 0 aromatic carbocycles. The molecule has 1 fully saturated rings. The van der Waals surface area contributed by atoms with E-state index in [-0.39, 0.29) is 24.6 Å². The molecule has 126 valence electrons. The Morgan fingerprint density at radius 1 is 1.30 bits per heavy atom. The van der Waals surface area contributed by atoms with Crippen LogP contribution < -0.4 is 5.32 Å². The first kappa shape index (κ1) is 17.3. The van der Waals surface area contributed by atoms with E-state index in [0.29, 0.717) is 37.4 Å². The van der Waals surface area contributed by atoms with Gasteiger partial charge in [-0.2, -0.15) is 0 Å². The van der Waals surface area contributed by atoms with Gasteiger partial charge in [-0.05, 0) is 31.2 Å². The maximum Gasteiger partial charge on any atom is 0.409 e. The maximum atomic E-state index is 11.8. The lowest BCUT2D eigenvalue weighted by atomic mass is 10.1. The molecule has 0 bridgehead atoms. The van der Waals surface area contributed by atoms with Crippen LogP contribution in [0.25, 0.3) is 0 Å². The summed E-state index contributed by atoms with van der Waals surface area (Å²) in [5, 5.41) is 4.59. The van der Waals surface area contributed by atoms with Crippen LogP contribution in [-0.4, -0.2) is 55.2 Å². The highest BCUT2D eigenvalue weighted by atomic mass is 32.1. The Balaban J connectivity index is 1.67.